The van der Waals surface area contributed by atoms with Crippen LogP contribution in [0.3, 0.4) is 0 Å². The van der Waals surface area contributed by atoms with Gasteiger partial charge in [-0.25, -0.2) is 15.0 Å². The molecule has 0 atom stereocenters. The Morgan fingerprint density at radius 1 is 0.236 bits per heavy atom. The standard InChI is InChI=1S/C51H33N3O/c1-4-12-34(13-5-1)36-22-24-38(25-23-36)39-28-32-42(33-29-39)50-52-49(41-16-8-3-9-17-41)53-51(54-50)44-19-11-21-46-48(44)47-43(18-10-20-45(47)55-46)40-30-26-37(27-31-40)35-14-6-2-7-15-35/h1-33H. The molecule has 0 unspecified atom stereocenters. The second-order valence-corrected chi connectivity index (χ2v) is 13.6. The van der Waals surface area contributed by atoms with Crippen LogP contribution in [0, 0.1) is 0 Å². The maximum Gasteiger partial charge on any atom is 0.164 e. The highest BCUT2D eigenvalue weighted by Gasteiger charge is 2.20. The van der Waals surface area contributed by atoms with E-state index in [1.165, 1.54) is 22.3 Å². The number of benzene rings is 8. The minimum atomic E-state index is 0.590. The number of fused-ring (bicyclic) bond motifs is 3. The normalized spacial score (nSPS) is 11.3. The Hall–Kier alpha value is -7.43. The van der Waals surface area contributed by atoms with Crippen molar-refractivity contribution in [3.05, 3.63) is 200 Å². The van der Waals surface area contributed by atoms with E-state index in [1.54, 1.807) is 0 Å². The molecule has 0 radical (unpaired) electrons. The number of rotatable bonds is 7. The van der Waals surface area contributed by atoms with E-state index in [2.05, 4.69) is 140 Å². The van der Waals surface area contributed by atoms with Gasteiger partial charge < -0.3 is 4.42 Å². The summed E-state index contributed by atoms with van der Waals surface area (Å²) in [5.74, 6) is 1.81. The Bertz CT molecular complexity index is 2920. The number of hydrogen-bond donors (Lipinski definition) is 0. The Balaban J connectivity index is 1.08. The molecule has 10 aromatic rings. The smallest absolute Gasteiger partial charge is 0.164 e. The lowest BCUT2D eigenvalue weighted by Crippen LogP contribution is -2.00. The SMILES string of the molecule is c1ccc(-c2ccc(-c3ccc(-c4nc(-c5ccccc5)nc(-c5cccc6oc7cccc(-c8ccc(-c9ccccc9)cc8)c7c56)n4)cc3)cc2)cc1. The maximum atomic E-state index is 6.52. The summed E-state index contributed by atoms with van der Waals surface area (Å²) < 4.78 is 6.52. The fraction of sp³-hybridized carbons (Fsp3) is 0. The molecule has 2 heterocycles. The fourth-order valence-corrected chi connectivity index (χ4v) is 7.41. The first-order chi connectivity index (χ1) is 27.2. The van der Waals surface area contributed by atoms with Crippen LogP contribution in [0.1, 0.15) is 0 Å². The minimum absolute atomic E-state index is 0.590. The third kappa shape index (κ3) is 6.16. The molecule has 4 nitrogen and oxygen atoms in total. The summed E-state index contributed by atoms with van der Waals surface area (Å²) in [4.78, 5) is 15.3. The first-order valence-electron chi connectivity index (χ1n) is 18.4. The predicted molar refractivity (Wildman–Crippen MR) is 225 cm³/mol. The van der Waals surface area contributed by atoms with Gasteiger partial charge in [-0.05, 0) is 56.6 Å². The van der Waals surface area contributed by atoms with Crippen LogP contribution in [-0.4, -0.2) is 15.0 Å². The molecular formula is C51H33N3O. The van der Waals surface area contributed by atoms with Gasteiger partial charge >= 0.3 is 0 Å². The molecule has 0 spiro atoms. The van der Waals surface area contributed by atoms with Crippen molar-refractivity contribution in [2.45, 2.75) is 0 Å². The van der Waals surface area contributed by atoms with Crippen LogP contribution in [0.15, 0.2) is 205 Å². The maximum absolute atomic E-state index is 6.52. The van der Waals surface area contributed by atoms with Gasteiger partial charge in [0.25, 0.3) is 0 Å². The number of nitrogens with zero attached hydrogens (tertiary/aromatic N) is 3. The van der Waals surface area contributed by atoms with Crippen molar-refractivity contribution >= 4 is 21.9 Å². The molecule has 55 heavy (non-hydrogen) atoms. The zero-order valence-corrected chi connectivity index (χ0v) is 29.8. The average molecular weight is 704 g/mol. The molecule has 258 valence electrons. The molecule has 0 fully saturated rings. The highest BCUT2D eigenvalue weighted by Crippen LogP contribution is 2.41. The first kappa shape index (κ1) is 32.2. The van der Waals surface area contributed by atoms with Crippen molar-refractivity contribution in [1.29, 1.82) is 0 Å². The van der Waals surface area contributed by atoms with Crippen LogP contribution in [0.4, 0.5) is 0 Å². The quantitative estimate of drug-likeness (QED) is 0.166. The molecule has 0 saturated carbocycles. The van der Waals surface area contributed by atoms with Crippen LogP contribution >= 0.6 is 0 Å². The van der Waals surface area contributed by atoms with E-state index in [1.807, 2.05) is 60.7 Å². The topological polar surface area (TPSA) is 51.8 Å². The number of furan rings is 1. The molecule has 8 aromatic carbocycles. The summed E-state index contributed by atoms with van der Waals surface area (Å²) in [6, 6.07) is 69.3. The lowest BCUT2D eigenvalue weighted by molar-refractivity contribution is 0.669. The number of aromatic nitrogens is 3. The molecule has 10 rings (SSSR count). The van der Waals surface area contributed by atoms with E-state index < -0.39 is 0 Å². The monoisotopic (exact) mass is 703 g/mol. The second-order valence-electron chi connectivity index (χ2n) is 13.6. The molecule has 0 aliphatic carbocycles. The summed E-state index contributed by atoms with van der Waals surface area (Å²) in [5, 5.41) is 2.01. The molecule has 0 aliphatic rings. The van der Waals surface area contributed by atoms with Gasteiger partial charge in [0.15, 0.2) is 17.5 Å². The van der Waals surface area contributed by atoms with Crippen molar-refractivity contribution in [2.24, 2.45) is 0 Å². The Morgan fingerprint density at radius 3 is 1.04 bits per heavy atom. The van der Waals surface area contributed by atoms with Crippen molar-refractivity contribution < 1.29 is 4.42 Å². The Morgan fingerprint density at radius 2 is 0.564 bits per heavy atom. The van der Waals surface area contributed by atoms with Crippen molar-refractivity contribution in [2.75, 3.05) is 0 Å². The lowest BCUT2D eigenvalue weighted by Gasteiger charge is -2.11. The number of hydrogen-bond acceptors (Lipinski definition) is 4. The van der Waals surface area contributed by atoms with Gasteiger partial charge in [0.1, 0.15) is 11.2 Å². The molecule has 4 heteroatoms. The highest BCUT2D eigenvalue weighted by atomic mass is 16.3. The molecule has 0 amide bonds. The first-order valence-corrected chi connectivity index (χ1v) is 18.4. The van der Waals surface area contributed by atoms with Gasteiger partial charge in [-0.3, -0.25) is 0 Å². The average Bonchev–Trinajstić information content (AvgIpc) is 3.67. The molecule has 0 bridgehead atoms. The van der Waals surface area contributed by atoms with Gasteiger partial charge in [-0.2, -0.15) is 0 Å². The van der Waals surface area contributed by atoms with Crippen molar-refractivity contribution in [3.63, 3.8) is 0 Å². The van der Waals surface area contributed by atoms with Gasteiger partial charge in [0, 0.05) is 27.5 Å². The fourth-order valence-electron chi connectivity index (χ4n) is 7.41. The van der Waals surface area contributed by atoms with Crippen LogP contribution in [0.25, 0.3) is 101 Å². The lowest BCUT2D eigenvalue weighted by atomic mass is 9.95. The third-order valence-electron chi connectivity index (χ3n) is 10.2. The molecule has 2 aromatic heterocycles. The molecule has 0 N–H and O–H groups in total. The van der Waals surface area contributed by atoms with Crippen molar-refractivity contribution in [1.82, 2.24) is 15.0 Å². The zero-order chi connectivity index (χ0) is 36.6. The Labute approximate surface area is 319 Å². The predicted octanol–water partition coefficient (Wildman–Crippen LogP) is 13.4. The molecular weight excluding hydrogens is 671 g/mol. The second kappa shape index (κ2) is 13.8. The van der Waals surface area contributed by atoms with E-state index in [-0.39, 0.29) is 0 Å². The largest absolute Gasteiger partial charge is 0.456 e. The van der Waals surface area contributed by atoms with Gasteiger partial charge in [-0.15, -0.1) is 0 Å². The van der Waals surface area contributed by atoms with Gasteiger partial charge in [0.2, 0.25) is 0 Å². The van der Waals surface area contributed by atoms with E-state index in [0.717, 1.165) is 60.9 Å². The molecule has 0 saturated heterocycles. The van der Waals surface area contributed by atoms with E-state index in [0.29, 0.717) is 17.5 Å². The van der Waals surface area contributed by atoms with Gasteiger partial charge in [-0.1, -0.05) is 188 Å². The van der Waals surface area contributed by atoms with E-state index in [9.17, 15) is 0 Å². The Kier molecular flexibility index (Phi) is 8.12. The van der Waals surface area contributed by atoms with Crippen LogP contribution < -0.4 is 0 Å². The van der Waals surface area contributed by atoms with Crippen LogP contribution in [-0.2, 0) is 0 Å². The van der Waals surface area contributed by atoms with Crippen molar-refractivity contribution in [3.8, 4) is 78.7 Å². The van der Waals surface area contributed by atoms with Crippen LogP contribution in [0.2, 0.25) is 0 Å². The van der Waals surface area contributed by atoms with Crippen LogP contribution in [0.5, 0.6) is 0 Å². The summed E-state index contributed by atoms with van der Waals surface area (Å²) in [7, 11) is 0. The highest BCUT2D eigenvalue weighted by molar-refractivity contribution is 6.17. The summed E-state index contributed by atoms with van der Waals surface area (Å²) in [5.41, 5.74) is 13.6. The summed E-state index contributed by atoms with van der Waals surface area (Å²) >= 11 is 0. The summed E-state index contributed by atoms with van der Waals surface area (Å²) in [6.07, 6.45) is 0. The van der Waals surface area contributed by atoms with E-state index >= 15 is 0 Å². The van der Waals surface area contributed by atoms with Gasteiger partial charge in [0.05, 0.1) is 0 Å². The zero-order valence-electron chi connectivity index (χ0n) is 29.8. The summed E-state index contributed by atoms with van der Waals surface area (Å²) in [6.45, 7) is 0. The van der Waals surface area contributed by atoms with E-state index in [4.69, 9.17) is 19.4 Å². The third-order valence-corrected chi connectivity index (χ3v) is 10.2. The molecule has 0 aliphatic heterocycles. The minimum Gasteiger partial charge on any atom is -0.456 e.